The molecule has 0 saturated carbocycles. The fourth-order valence-electron chi connectivity index (χ4n) is 4.38. The second-order valence-corrected chi connectivity index (χ2v) is 8.82. The second-order valence-electron chi connectivity index (χ2n) is 7.97. The third-order valence-electron chi connectivity index (χ3n) is 6.04. The van der Waals surface area contributed by atoms with Crippen molar-refractivity contribution in [3.05, 3.63) is 118 Å². The number of hydrogen-bond acceptors (Lipinski definition) is 1. The fraction of sp³-hybridized carbons (Fsp3) is 0.148. The highest BCUT2D eigenvalue weighted by Gasteiger charge is 2.33. The van der Waals surface area contributed by atoms with Crippen molar-refractivity contribution in [2.24, 2.45) is 0 Å². The van der Waals surface area contributed by atoms with E-state index in [-0.39, 0.29) is 12.1 Å². The maximum absolute atomic E-state index is 13.7. The number of halogens is 1. The van der Waals surface area contributed by atoms with Crippen LogP contribution in [-0.4, -0.2) is 15.5 Å². The zero-order chi connectivity index (χ0) is 22.1. The highest BCUT2D eigenvalue weighted by atomic mass is 79.9. The number of benzene rings is 3. The van der Waals surface area contributed by atoms with E-state index in [0.717, 1.165) is 39.1 Å². The molecule has 1 aliphatic rings. The van der Waals surface area contributed by atoms with Gasteiger partial charge in [-0.05, 0) is 69.4 Å². The van der Waals surface area contributed by atoms with Gasteiger partial charge in [-0.15, -0.1) is 0 Å². The maximum Gasteiger partial charge on any atom is 0.323 e. The number of carbonyl (C=O) groups excluding carboxylic acids is 1. The molecule has 3 aromatic carbocycles. The van der Waals surface area contributed by atoms with E-state index >= 15 is 0 Å². The SMILES string of the molecule is CCc1ccc([C@H]2c3cccn3-c3ccccc3CN2C(=O)Nc2ccccc2Br)cc1. The van der Waals surface area contributed by atoms with Crippen LogP contribution in [-0.2, 0) is 13.0 Å². The minimum atomic E-state index is -0.217. The standard InChI is InChI=1S/C27H24BrN3O/c1-2-19-13-15-20(16-14-19)26-25-12-7-17-30(25)24-11-6-3-8-21(24)18-31(26)27(32)29-23-10-5-4-9-22(23)28/h3-17,26H,2,18H2,1H3,(H,29,32)/t26-/m0/s1. The Labute approximate surface area is 196 Å². The van der Waals surface area contributed by atoms with Crippen LogP contribution >= 0.6 is 15.9 Å². The normalized spacial score (nSPS) is 14.9. The zero-order valence-corrected chi connectivity index (χ0v) is 19.4. The Morgan fingerprint density at radius 1 is 0.969 bits per heavy atom. The minimum Gasteiger partial charge on any atom is -0.318 e. The van der Waals surface area contributed by atoms with Crippen molar-refractivity contribution in [1.82, 2.24) is 9.47 Å². The number of hydrogen-bond donors (Lipinski definition) is 1. The van der Waals surface area contributed by atoms with Gasteiger partial charge in [0.05, 0.1) is 24.0 Å². The third-order valence-corrected chi connectivity index (χ3v) is 6.74. The van der Waals surface area contributed by atoms with Crippen molar-refractivity contribution in [2.45, 2.75) is 25.9 Å². The topological polar surface area (TPSA) is 37.3 Å². The average Bonchev–Trinajstić information content (AvgIpc) is 3.25. The number of nitrogens with zero attached hydrogens (tertiary/aromatic N) is 2. The summed E-state index contributed by atoms with van der Waals surface area (Å²) in [7, 11) is 0. The van der Waals surface area contributed by atoms with Gasteiger partial charge < -0.3 is 14.8 Å². The van der Waals surface area contributed by atoms with Gasteiger partial charge in [0.25, 0.3) is 0 Å². The number of aryl methyl sites for hydroxylation is 1. The summed E-state index contributed by atoms with van der Waals surface area (Å²) in [6.45, 7) is 2.66. The Kier molecular flexibility index (Phi) is 5.58. The molecule has 0 fully saturated rings. The summed E-state index contributed by atoms with van der Waals surface area (Å²) in [5.74, 6) is 0. The van der Waals surface area contributed by atoms with Crippen molar-refractivity contribution in [1.29, 1.82) is 0 Å². The molecule has 1 aromatic heterocycles. The number of para-hydroxylation sites is 2. The zero-order valence-electron chi connectivity index (χ0n) is 17.8. The summed E-state index contributed by atoms with van der Waals surface area (Å²) < 4.78 is 3.07. The summed E-state index contributed by atoms with van der Waals surface area (Å²) in [5.41, 5.74) is 6.42. The molecule has 0 saturated heterocycles. The van der Waals surface area contributed by atoms with Gasteiger partial charge >= 0.3 is 6.03 Å². The van der Waals surface area contributed by atoms with Crippen LogP contribution in [0.2, 0.25) is 0 Å². The predicted octanol–water partition coefficient (Wildman–Crippen LogP) is 6.94. The number of carbonyl (C=O) groups is 1. The van der Waals surface area contributed by atoms with Gasteiger partial charge in [-0.1, -0.05) is 61.5 Å². The van der Waals surface area contributed by atoms with Crippen molar-refractivity contribution in [3.8, 4) is 5.69 Å². The van der Waals surface area contributed by atoms with Gasteiger partial charge in [0.15, 0.2) is 0 Å². The van der Waals surface area contributed by atoms with Crippen molar-refractivity contribution < 1.29 is 4.79 Å². The van der Waals surface area contributed by atoms with E-state index in [4.69, 9.17) is 0 Å². The highest BCUT2D eigenvalue weighted by Crippen LogP contribution is 2.37. The lowest BCUT2D eigenvalue weighted by Gasteiger charge is -2.31. The Morgan fingerprint density at radius 3 is 2.50 bits per heavy atom. The molecule has 0 spiro atoms. The average molecular weight is 486 g/mol. The molecular formula is C27H24BrN3O. The van der Waals surface area contributed by atoms with Gasteiger partial charge in [0.2, 0.25) is 0 Å². The Balaban J connectivity index is 1.63. The van der Waals surface area contributed by atoms with E-state index in [9.17, 15) is 4.79 Å². The lowest BCUT2D eigenvalue weighted by atomic mass is 10.00. The number of aromatic nitrogens is 1. The molecule has 32 heavy (non-hydrogen) atoms. The molecule has 0 bridgehead atoms. The molecule has 0 unspecified atom stereocenters. The quantitative estimate of drug-likeness (QED) is 0.335. The van der Waals surface area contributed by atoms with Crippen LogP contribution in [0, 0.1) is 0 Å². The molecule has 5 heteroatoms. The number of urea groups is 1. The Bertz CT molecular complexity index is 1260. The van der Waals surface area contributed by atoms with Gasteiger partial charge in [0.1, 0.15) is 0 Å². The molecule has 0 radical (unpaired) electrons. The molecule has 1 aliphatic heterocycles. The second kappa shape index (κ2) is 8.67. The smallest absolute Gasteiger partial charge is 0.318 e. The van der Waals surface area contributed by atoms with Crippen LogP contribution in [0.3, 0.4) is 0 Å². The first-order valence-corrected chi connectivity index (χ1v) is 11.6. The molecule has 1 N–H and O–H groups in total. The summed E-state index contributed by atoms with van der Waals surface area (Å²) >= 11 is 3.55. The number of rotatable bonds is 3. The number of fused-ring (bicyclic) bond motifs is 3. The van der Waals surface area contributed by atoms with Crippen molar-refractivity contribution >= 4 is 27.6 Å². The highest BCUT2D eigenvalue weighted by molar-refractivity contribution is 9.10. The van der Waals surface area contributed by atoms with Gasteiger partial charge in [0, 0.05) is 16.4 Å². The van der Waals surface area contributed by atoms with Crippen LogP contribution in [0.4, 0.5) is 10.5 Å². The van der Waals surface area contributed by atoms with Crippen LogP contribution in [0.5, 0.6) is 0 Å². The van der Waals surface area contributed by atoms with Crippen LogP contribution in [0.1, 0.15) is 35.3 Å². The van der Waals surface area contributed by atoms with E-state index in [1.807, 2.05) is 41.3 Å². The first-order chi connectivity index (χ1) is 15.7. The summed E-state index contributed by atoms with van der Waals surface area (Å²) in [4.78, 5) is 15.6. The summed E-state index contributed by atoms with van der Waals surface area (Å²) in [6, 6.07) is 28.4. The van der Waals surface area contributed by atoms with Crippen molar-refractivity contribution in [2.75, 3.05) is 5.32 Å². The fourth-order valence-corrected chi connectivity index (χ4v) is 4.76. The molecule has 4 aromatic rings. The maximum atomic E-state index is 13.7. The summed E-state index contributed by atoms with van der Waals surface area (Å²) in [6.07, 6.45) is 3.07. The van der Waals surface area contributed by atoms with E-state index in [1.54, 1.807) is 0 Å². The number of amides is 2. The van der Waals surface area contributed by atoms with E-state index in [2.05, 4.69) is 87.5 Å². The van der Waals surface area contributed by atoms with Gasteiger partial charge in [-0.2, -0.15) is 0 Å². The largest absolute Gasteiger partial charge is 0.323 e. The third kappa shape index (κ3) is 3.73. The Morgan fingerprint density at radius 2 is 1.72 bits per heavy atom. The first-order valence-electron chi connectivity index (χ1n) is 10.8. The lowest BCUT2D eigenvalue weighted by Crippen LogP contribution is -2.38. The van der Waals surface area contributed by atoms with Gasteiger partial charge in [-0.25, -0.2) is 4.79 Å². The monoisotopic (exact) mass is 485 g/mol. The molecule has 0 aliphatic carbocycles. The molecule has 2 amide bonds. The van der Waals surface area contributed by atoms with Crippen LogP contribution in [0.25, 0.3) is 5.69 Å². The molecular weight excluding hydrogens is 462 g/mol. The number of anilines is 1. The summed E-state index contributed by atoms with van der Waals surface area (Å²) in [5, 5.41) is 3.11. The molecule has 5 rings (SSSR count). The van der Waals surface area contributed by atoms with E-state index < -0.39 is 0 Å². The van der Waals surface area contributed by atoms with Crippen molar-refractivity contribution in [3.63, 3.8) is 0 Å². The Hall–Kier alpha value is -3.31. The van der Waals surface area contributed by atoms with Crippen LogP contribution < -0.4 is 5.32 Å². The van der Waals surface area contributed by atoms with E-state index in [1.165, 1.54) is 5.56 Å². The predicted molar refractivity (Wildman–Crippen MR) is 132 cm³/mol. The molecule has 2 heterocycles. The molecule has 1 atom stereocenters. The van der Waals surface area contributed by atoms with Crippen LogP contribution in [0.15, 0.2) is 95.6 Å². The first kappa shape index (κ1) is 20.6. The number of nitrogens with one attached hydrogen (secondary N) is 1. The molecule has 4 nitrogen and oxygen atoms in total. The minimum absolute atomic E-state index is 0.133. The molecule has 160 valence electrons. The lowest BCUT2D eigenvalue weighted by molar-refractivity contribution is 0.194. The van der Waals surface area contributed by atoms with E-state index in [0.29, 0.717) is 6.54 Å². The van der Waals surface area contributed by atoms with Gasteiger partial charge in [-0.3, -0.25) is 0 Å².